The Balaban J connectivity index is 2.96. The summed E-state index contributed by atoms with van der Waals surface area (Å²) in [5.74, 6) is 5.61. The maximum absolute atomic E-state index is 5.61. The molecule has 0 aliphatic carbocycles. The Hall–Kier alpha value is -0.0800. The second-order valence-electron chi connectivity index (χ2n) is 8.20. The molecule has 0 saturated carbocycles. The molecule has 0 spiro atoms. The molecule has 0 saturated heterocycles. The third-order valence-electron chi connectivity index (χ3n) is 5.36. The summed E-state index contributed by atoms with van der Waals surface area (Å²) in [5.41, 5.74) is 0. The largest absolute Gasteiger partial charge is 0.269 e. The summed E-state index contributed by atoms with van der Waals surface area (Å²) < 4.78 is 0. The van der Waals surface area contributed by atoms with Crippen LogP contribution in [0.3, 0.4) is 0 Å². The first-order chi connectivity index (χ1) is 12.3. The molecule has 0 bridgehead atoms. The van der Waals surface area contributed by atoms with E-state index in [1.54, 1.807) is 5.01 Å². The molecule has 0 unspecified atom stereocenters. The van der Waals surface area contributed by atoms with Gasteiger partial charge in [0, 0.05) is 13.6 Å². The molecule has 0 heterocycles. The number of hydrazine groups is 1. The summed E-state index contributed by atoms with van der Waals surface area (Å²) >= 11 is 0. The van der Waals surface area contributed by atoms with Crippen molar-refractivity contribution in [2.24, 2.45) is 5.84 Å². The zero-order chi connectivity index (χ0) is 18.4. The lowest BCUT2D eigenvalue weighted by molar-refractivity contribution is 0.336. The summed E-state index contributed by atoms with van der Waals surface area (Å²) in [6.07, 6.45) is 28.8. The SMILES string of the molecule is CCCCCCCCCCCCCCCCCCCCCCN(C)N. The molecule has 2 heteroatoms. The fourth-order valence-electron chi connectivity index (χ4n) is 3.62. The average molecular weight is 355 g/mol. The van der Waals surface area contributed by atoms with Crippen molar-refractivity contribution >= 4 is 0 Å². The number of hydrogen-bond donors (Lipinski definition) is 1. The van der Waals surface area contributed by atoms with Crippen molar-refractivity contribution in [2.75, 3.05) is 13.6 Å². The van der Waals surface area contributed by atoms with Gasteiger partial charge in [-0.2, -0.15) is 0 Å². The highest BCUT2D eigenvalue weighted by Gasteiger charge is 1.95. The Labute approximate surface area is 160 Å². The van der Waals surface area contributed by atoms with E-state index in [-0.39, 0.29) is 0 Å². The minimum Gasteiger partial charge on any atom is -0.269 e. The van der Waals surface area contributed by atoms with Crippen LogP contribution in [-0.2, 0) is 0 Å². The molecule has 0 aliphatic heterocycles. The van der Waals surface area contributed by atoms with Gasteiger partial charge in [0.25, 0.3) is 0 Å². The van der Waals surface area contributed by atoms with Crippen molar-refractivity contribution < 1.29 is 0 Å². The van der Waals surface area contributed by atoms with E-state index in [9.17, 15) is 0 Å². The Morgan fingerprint density at radius 1 is 0.440 bits per heavy atom. The number of rotatable bonds is 21. The quantitative estimate of drug-likeness (QED) is 0.130. The van der Waals surface area contributed by atoms with Gasteiger partial charge in [-0.3, -0.25) is 10.9 Å². The van der Waals surface area contributed by atoms with E-state index in [2.05, 4.69) is 6.92 Å². The Morgan fingerprint density at radius 3 is 0.920 bits per heavy atom. The second-order valence-corrected chi connectivity index (χ2v) is 8.20. The van der Waals surface area contributed by atoms with Gasteiger partial charge in [0.1, 0.15) is 0 Å². The van der Waals surface area contributed by atoms with Crippen LogP contribution < -0.4 is 5.84 Å². The summed E-state index contributed by atoms with van der Waals surface area (Å²) in [5, 5.41) is 1.80. The van der Waals surface area contributed by atoms with Crippen LogP contribution in [0.15, 0.2) is 0 Å². The molecule has 0 aromatic heterocycles. The van der Waals surface area contributed by atoms with E-state index in [0.29, 0.717) is 0 Å². The average Bonchev–Trinajstić information content (AvgIpc) is 2.60. The first-order valence-electron chi connectivity index (χ1n) is 11.7. The third kappa shape index (κ3) is 23.9. The molecule has 0 fully saturated rings. The van der Waals surface area contributed by atoms with Gasteiger partial charge >= 0.3 is 0 Å². The fourth-order valence-corrected chi connectivity index (χ4v) is 3.62. The molecule has 2 N–H and O–H groups in total. The van der Waals surface area contributed by atoms with Gasteiger partial charge in [-0.25, -0.2) is 0 Å². The summed E-state index contributed by atoms with van der Waals surface area (Å²) in [6, 6.07) is 0. The van der Waals surface area contributed by atoms with Crippen LogP contribution in [0, 0.1) is 0 Å². The van der Waals surface area contributed by atoms with Crippen LogP contribution >= 0.6 is 0 Å². The molecular weight excluding hydrogens is 304 g/mol. The Kier molecular flexibility index (Phi) is 21.9. The topological polar surface area (TPSA) is 29.3 Å². The van der Waals surface area contributed by atoms with Gasteiger partial charge in [0.05, 0.1) is 0 Å². The lowest BCUT2D eigenvalue weighted by atomic mass is 10.0. The normalized spacial score (nSPS) is 11.5. The third-order valence-corrected chi connectivity index (χ3v) is 5.36. The van der Waals surface area contributed by atoms with Gasteiger partial charge in [-0.15, -0.1) is 0 Å². The molecule has 0 radical (unpaired) electrons. The van der Waals surface area contributed by atoms with Gasteiger partial charge in [0.2, 0.25) is 0 Å². The summed E-state index contributed by atoms with van der Waals surface area (Å²) in [4.78, 5) is 0. The van der Waals surface area contributed by atoms with Crippen LogP contribution in [0.1, 0.15) is 135 Å². The van der Waals surface area contributed by atoms with E-state index in [0.717, 1.165) is 6.54 Å². The predicted octanol–water partition coefficient (Wildman–Crippen LogP) is 7.61. The fraction of sp³-hybridized carbons (Fsp3) is 1.00. The Bertz CT molecular complexity index is 228. The van der Waals surface area contributed by atoms with Crippen LogP contribution in [0.4, 0.5) is 0 Å². The van der Waals surface area contributed by atoms with Crippen LogP contribution in [-0.4, -0.2) is 18.6 Å². The van der Waals surface area contributed by atoms with E-state index in [1.807, 2.05) is 7.05 Å². The van der Waals surface area contributed by atoms with Gasteiger partial charge in [-0.05, 0) is 6.42 Å². The van der Waals surface area contributed by atoms with Gasteiger partial charge in [0.15, 0.2) is 0 Å². The van der Waals surface area contributed by atoms with Crippen LogP contribution in [0.25, 0.3) is 0 Å². The zero-order valence-electron chi connectivity index (χ0n) is 17.9. The van der Waals surface area contributed by atoms with Gasteiger partial charge in [-0.1, -0.05) is 129 Å². The summed E-state index contributed by atoms with van der Waals surface area (Å²) in [6.45, 7) is 3.34. The van der Waals surface area contributed by atoms with Crippen molar-refractivity contribution in [3.05, 3.63) is 0 Å². The van der Waals surface area contributed by atoms with Crippen molar-refractivity contribution in [3.63, 3.8) is 0 Å². The second kappa shape index (κ2) is 22.0. The van der Waals surface area contributed by atoms with Crippen molar-refractivity contribution in [2.45, 2.75) is 135 Å². The minimum absolute atomic E-state index is 1.04. The highest BCUT2D eigenvalue weighted by atomic mass is 15.4. The first kappa shape index (κ1) is 24.9. The number of nitrogens with two attached hydrogens (primary N) is 1. The highest BCUT2D eigenvalue weighted by Crippen LogP contribution is 2.14. The molecule has 25 heavy (non-hydrogen) atoms. The number of unbranched alkanes of at least 4 members (excludes halogenated alkanes) is 19. The monoisotopic (exact) mass is 354 g/mol. The maximum Gasteiger partial charge on any atom is 0.0125 e. The predicted molar refractivity (Wildman–Crippen MR) is 115 cm³/mol. The molecule has 152 valence electrons. The van der Waals surface area contributed by atoms with E-state index >= 15 is 0 Å². The first-order valence-corrected chi connectivity index (χ1v) is 11.7. The zero-order valence-corrected chi connectivity index (χ0v) is 17.9. The molecule has 2 nitrogen and oxygen atoms in total. The summed E-state index contributed by atoms with van der Waals surface area (Å²) in [7, 11) is 1.95. The lowest BCUT2D eigenvalue weighted by Crippen LogP contribution is -2.26. The highest BCUT2D eigenvalue weighted by molar-refractivity contribution is 4.51. The molecular formula is C23H50N2. The molecule has 0 amide bonds. The molecule has 0 aromatic rings. The molecule has 0 atom stereocenters. The van der Waals surface area contributed by atoms with Gasteiger partial charge < -0.3 is 0 Å². The van der Waals surface area contributed by atoms with E-state index < -0.39 is 0 Å². The maximum atomic E-state index is 5.61. The molecule has 0 rings (SSSR count). The van der Waals surface area contributed by atoms with Crippen molar-refractivity contribution in [1.82, 2.24) is 5.01 Å². The van der Waals surface area contributed by atoms with E-state index in [4.69, 9.17) is 5.84 Å². The standard InChI is InChI=1S/C23H50N2/c1-3-4-5-6-7-8-9-10-11-12-13-14-15-16-17-18-19-20-21-22-23-25(2)24/h3-24H2,1-2H3. The van der Waals surface area contributed by atoms with E-state index in [1.165, 1.54) is 128 Å². The number of hydrogen-bond acceptors (Lipinski definition) is 2. The Morgan fingerprint density at radius 2 is 0.680 bits per heavy atom. The van der Waals surface area contributed by atoms with Crippen LogP contribution in [0.5, 0.6) is 0 Å². The molecule has 0 aromatic carbocycles. The smallest absolute Gasteiger partial charge is 0.0125 e. The van der Waals surface area contributed by atoms with Crippen molar-refractivity contribution in [1.29, 1.82) is 0 Å². The molecule has 0 aliphatic rings. The van der Waals surface area contributed by atoms with Crippen LogP contribution in [0.2, 0.25) is 0 Å². The lowest BCUT2D eigenvalue weighted by Gasteiger charge is -2.08. The number of nitrogens with zero attached hydrogens (tertiary/aromatic N) is 1. The van der Waals surface area contributed by atoms with Crippen molar-refractivity contribution in [3.8, 4) is 0 Å². The minimum atomic E-state index is 1.04.